The highest BCUT2D eigenvalue weighted by Crippen LogP contribution is 2.28. The Hall–Kier alpha value is -2.65. The van der Waals surface area contributed by atoms with Gasteiger partial charge in [-0.3, -0.25) is 0 Å². The van der Waals surface area contributed by atoms with E-state index in [1.54, 1.807) is 22.5 Å². The third-order valence-electron chi connectivity index (χ3n) is 3.71. The Morgan fingerprint density at radius 1 is 1.27 bits per heavy atom. The number of hydrogen-bond donors (Lipinski definition) is 0. The second kappa shape index (κ2) is 7.30. The van der Waals surface area contributed by atoms with Gasteiger partial charge in [0.15, 0.2) is 5.82 Å². The minimum atomic E-state index is 0.467. The minimum Gasteiger partial charge on any atom is -0.497 e. The van der Waals surface area contributed by atoms with Crippen molar-refractivity contribution >= 4 is 23.3 Å². The standard InChI is InChI=1S/C17H15N5O2S2/c1-11-16(14-7-4-8-25-14)19-21-22(11)26-10-15-18-17(24-20-15)12-5-3-6-13(9-12)23-2/h3-9H,10H2,1-2H3. The van der Waals surface area contributed by atoms with E-state index in [0.717, 1.165) is 27.6 Å². The van der Waals surface area contributed by atoms with Crippen molar-refractivity contribution in [3.8, 4) is 27.8 Å². The van der Waals surface area contributed by atoms with Crippen LogP contribution in [0.2, 0.25) is 0 Å². The van der Waals surface area contributed by atoms with Gasteiger partial charge in [-0.1, -0.05) is 22.5 Å². The zero-order valence-corrected chi connectivity index (χ0v) is 15.8. The summed E-state index contributed by atoms with van der Waals surface area (Å²) < 4.78 is 12.4. The first-order valence-corrected chi connectivity index (χ1v) is 9.63. The lowest BCUT2D eigenvalue weighted by molar-refractivity contribution is 0.412. The second-order valence-electron chi connectivity index (χ2n) is 5.39. The molecule has 1 aromatic carbocycles. The predicted octanol–water partition coefficient (Wildman–Crippen LogP) is 4.07. The number of hydrogen-bond acceptors (Lipinski definition) is 8. The summed E-state index contributed by atoms with van der Waals surface area (Å²) in [4.78, 5) is 5.55. The predicted molar refractivity (Wildman–Crippen MR) is 101 cm³/mol. The molecule has 9 heteroatoms. The van der Waals surface area contributed by atoms with Crippen molar-refractivity contribution in [3.05, 3.63) is 53.3 Å². The Morgan fingerprint density at radius 2 is 2.19 bits per heavy atom. The van der Waals surface area contributed by atoms with E-state index in [-0.39, 0.29) is 0 Å². The Bertz CT molecular complexity index is 1010. The highest BCUT2D eigenvalue weighted by molar-refractivity contribution is 7.96. The van der Waals surface area contributed by atoms with Gasteiger partial charge < -0.3 is 9.26 Å². The van der Waals surface area contributed by atoms with Gasteiger partial charge in [-0.05, 0) is 48.5 Å². The lowest BCUT2D eigenvalue weighted by Crippen LogP contribution is -1.95. The van der Waals surface area contributed by atoms with Gasteiger partial charge in [-0.25, -0.2) is 0 Å². The first-order chi connectivity index (χ1) is 12.7. The monoisotopic (exact) mass is 385 g/mol. The van der Waals surface area contributed by atoms with Crippen LogP contribution in [-0.4, -0.2) is 31.6 Å². The highest BCUT2D eigenvalue weighted by Gasteiger charge is 2.14. The molecule has 0 saturated heterocycles. The molecular weight excluding hydrogens is 370 g/mol. The smallest absolute Gasteiger partial charge is 0.258 e. The Kier molecular flexibility index (Phi) is 4.72. The summed E-state index contributed by atoms with van der Waals surface area (Å²) in [6.07, 6.45) is 0. The lowest BCUT2D eigenvalue weighted by atomic mass is 10.2. The van der Waals surface area contributed by atoms with Crippen LogP contribution in [0.1, 0.15) is 11.5 Å². The molecule has 0 fully saturated rings. The number of thiophene rings is 1. The van der Waals surface area contributed by atoms with Crippen molar-refractivity contribution in [2.75, 3.05) is 7.11 Å². The topological polar surface area (TPSA) is 78.9 Å². The summed E-state index contributed by atoms with van der Waals surface area (Å²) in [5.74, 6) is 2.34. The van der Waals surface area contributed by atoms with Crippen molar-refractivity contribution in [2.24, 2.45) is 0 Å². The first-order valence-electron chi connectivity index (χ1n) is 7.81. The molecule has 4 rings (SSSR count). The fourth-order valence-corrected chi connectivity index (χ4v) is 3.87. The summed E-state index contributed by atoms with van der Waals surface area (Å²) in [6.45, 7) is 2.00. The van der Waals surface area contributed by atoms with Crippen LogP contribution in [0.4, 0.5) is 0 Å². The average Bonchev–Trinajstić information content (AvgIpc) is 3.41. The first kappa shape index (κ1) is 16.8. The molecule has 0 saturated carbocycles. The highest BCUT2D eigenvalue weighted by atomic mass is 32.2. The molecule has 7 nitrogen and oxygen atoms in total. The van der Waals surface area contributed by atoms with E-state index in [9.17, 15) is 0 Å². The summed E-state index contributed by atoms with van der Waals surface area (Å²) >= 11 is 3.12. The van der Waals surface area contributed by atoms with Crippen molar-refractivity contribution in [2.45, 2.75) is 12.7 Å². The van der Waals surface area contributed by atoms with Crippen LogP contribution in [0, 0.1) is 6.92 Å². The molecule has 0 aliphatic heterocycles. The van der Waals surface area contributed by atoms with Crippen LogP contribution < -0.4 is 4.74 Å². The Balaban J connectivity index is 1.47. The van der Waals surface area contributed by atoms with Gasteiger partial charge in [-0.15, -0.1) is 16.4 Å². The summed E-state index contributed by atoms with van der Waals surface area (Å²) in [5, 5.41) is 14.5. The van der Waals surface area contributed by atoms with Crippen molar-refractivity contribution in [1.82, 2.24) is 24.5 Å². The molecule has 132 valence electrons. The average molecular weight is 385 g/mol. The van der Waals surface area contributed by atoms with E-state index in [4.69, 9.17) is 9.26 Å². The van der Waals surface area contributed by atoms with Crippen LogP contribution in [0.3, 0.4) is 0 Å². The summed E-state index contributed by atoms with van der Waals surface area (Å²) in [5.41, 5.74) is 2.72. The van der Waals surface area contributed by atoms with E-state index in [2.05, 4.69) is 20.5 Å². The minimum absolute atomic E-state index is 0.467. The fourth-order valence-electron chi connectivity index (χ4n) is 2.38. The molecule has 0 aliphatic carbocycles. The summed E-state index contributed by atoms with van der Waals surface area (Å²) in [7, 11) is 1.62. The third kappa shape index (κ3) is 3.35. The number of methoxy groups -OCH3 is 1. The van der Waals surface area contributed by atoms with Crippen molar-refractivity contribution < 1.29 is 9.26 Å². The molecule has 0 unspecified atom stereocenters. The molecule has 0 amide bonds. The number of benzene rings is 1. The number of aromatic nitrogens is 5. The van der Waals surface area contributed by atoms with Crippen LogP contribution in [0.15, 0.2) is 46.3 Å². The maximum absolute atomic E-state index is 5.36. The van der Waals surface area contributed by atoms with E-state index < -0.39 is 0 Å². The van der Waals surface area contributed by atoms with Crippen molar-refractivity contribution in [1.29, 1.82) is 0 Å². The number of ether oxygens (including phenoxy) is 1. The Labute approximate surface area is 158 Å². The normalized spacial score (nSPS) is 11.0. The maximum atomic E-state index is 5.36. The molecule has 26 heavy (non-hydrogen) atoms. The zero-order valence-electron chi connectivity index (χ0n) is 14.1. The second-order valence-corrected chi connectivity index (χ2v) is 7.24. The third-order valence-corrected chi connectivity index (χ3v) is 5.57. The van der Waals surface area contributed by atoms with Gasteiger partial charge >= 0.3 is 0 Å². The molecule has 0 aliphatic rings. The molecule has 0 N–H and O–H groups in total. The molecule has 4 aromatic rings. The van der Waals surface area contributed by atoms with Crippen LogP contribution in [-0.2, 0) is 5.75 Å². The van der Waals surface area contributed by atoms with Gasteiger partial charge in [0.25, 0.3) is 5.89 Å². The van der Waals surface area contributed by atoms with Gasteiger partial charge in [0, 0.05) is 5.56 Å². The summed E-state index contributed by atoms with van der Waals surface area (Å²) in [6, 6.07) is 11.6. The molecule has 3 heterocycles. The van der Waals surface area contributed by atoms with E-state index in [1.165, 1.54) is 11.9 Å². The van der Waals surface area contributed by atoms with E-state index >= 15 is 0 Å². The molecule has 0 radical (unpaired) electrons. The van der Waals surface area contributed by atoms with E-state index in [1.807, 2.05) is 48.7 Å². The molecule has 0 spiro atoms. The Morgan fingerprint density at radius 3 is 3.00 bits per heavy atom. The number of rotatable bonds is 6. The van der Waals surface area contributed by atoms with Gasteiger partial charge in [0.05, 0.1) is 23.4 Å². The quantitative estimate of drug-likeness (QED) is 0.495. The molecular formula is C17H15N5O2S2. The number of nitrogens with zero attached hydrogens (tertiary/aromatic N) is 5. The fraction of sp³-hybridized carbons (Fsp3) is 0.176. The van der Waals surface area contributed by atoms with E-state index in [0.29, 0.717) is 17.5 Å². The maximum Gasteiger partial charge on any atom is 0.258 e. The van der Waals surface area contributed by atoms with Crippen LogP contribution >= 0.6 is 23.3 Å². The SMILES string of the molecule is COc1cccc(-c2nc(CSn3nnc(-c4cccs4)c3C)no2)c1. The largest absolute Gasteiger partial charge is 0.497 e. The van der Waals surface area contributed by atoms with Gasteiger partial charge in [0.2, 0.25) is 0 Å². The lowest BCUT2D eigenvalue weighted by Gasteiger charge is -2.00. The van der Waals surface area contributed by atoms with Crippen LogP contribution in [0.25, 0.3) is 22.0 Å². The van der Waals surface area contributed by atoms with Crippen molar-refractivity contribution in [3.63, 3.8) is 0 Å². The van der Waals surface area contributed by atoms with Gasteiger partial charge in [0.1, 0.15) is 11.4 Å². The molecule has 0 bridgehead atoms. The van der Waals surface area contributed by atoms with Crippen LogP contribution in [0.5, 0.6) is 5.75 Å². The molecule has 3 aromatic heterocycles. The van der Waals surface area contributed by atoms with Gasteiger partial charge in [-0.2, -0.15) is 9.07 Å². The molecule has 0 atom stereocenters. The zero-order chi connectivity index (χ0) is 17.9.